The summed E-state index contributed by atoms with van der Waals surface area (Å²) in [5, 5.41) is 0.330. The van der Waals surface area contributed by atoms with Crippen LogP contribution in [0, 0.1) is 0 Å². The summed E-state index contributed by atoms with van der Waals surface area (Å²) >= 11 is 0. The minimum Gasteiger partial charge on any atom is -0.493 e. The summed E-state index contributed by atoms with van der Waals surface area (Å²) in [6.07, 6.45) is -0.348. The number of rotatable bonds is 10. The third-order valence-electron chi connectivity index (χ3n) is 5.07. The fraction of sp³-hybridized carbons (Fsp3) is 0.346. The quantitative estimate of drug-likeness (QED) is 0.392. The van der Waals surface area contributed by atoms with Crippen LogP contribution in [0.5, 0.6) is 17.2 Å². The molecule has 0 spiro atoms. The highest BCUT2D eigenvalue weighted by molar-refractivity contribution is 5.83. The summed E-state index contributed by atoms with van der Waals surface area (Å²) < 4.78 is 32.3. The zero-order valence-corrected chi connectivity index (χ0v) is 20.3. The van der Waals surface area contributed by atoms with Gasteiger partial charge in [-0.25, -0.2) is 9.59 Å². The molecule has 1 aromatic heterocycles. The second-order valence-corrected chi connectivity index (χ2v) is 7.53. The maximum Gasteiger partial charge on any atom is 0.347 e. The van der Waals surface area contributed by atoms with Gasteiger partial charge in [0.2, 0.25) is 0 Å². The molecule has 2 aromatic carbocycles. The number of hydrogen-bond acceptors (Lipinski definition) is 9. The molecule has 2 unspecified atom stereocenters. The number of ether oxygens (including phenoxy) is 5. The molecular weight excluding hydrogens is 456 g/mol. The largest absolute Gasteiger partial charge is 0.493 e. The Morgan fingerprint density at radius 3 is 2.17 bits per heavy atom. The van der Waals surface area contributed by atoms with Crippen LogP contribution in [-0.2, 0) is 19.1 Å². The zero-order valence-electron chi connectivity index (χ0n) is 20.3. The topological polar surface area (TPSA) is 110 Å². The van der Waals surface area contributed by atoms with E-state index in [1.165, 1.54) is 13.4 Å². The smallest absolute Gasteiger partial charge is 0.347 e. The highest BCUT2D eigenvalue weighted by Crippen LogP contribution is 2.33. The van der Waals surface area contributed by atoms with Crippen molar-refractivity contribution in [2.75, 3.05) is 20.3 Å². The lowest BCUT2D eigenvalue weighted by atomic mass is 10.0. The third-order valence-corrected chi connectivity index (χ3v) is 5.07. The van der Waals surface area contributed by atoms with E-state index >= 15 is 0 Å². The van der Waals surface area contributed by atoms with E-state index < -0.39 is 24.1 Å². The molecule has 2 atom stereocenters. The Kier molecular flexibility index (Phi) is 8.35. The van der Waals surface area contributed by atoms with Crippen molar-refractivity contribution in [3.63, 3.8) is 0 Å². The first kappa shape index (κ1) is 25.6. The maximum absolute atomic E-state index is 13.2. The Balaban J connectivity index is 1.92. The average molecular weight is 485 g/mol. The van der Waals surface area contributed by atoms with Crippen molar-refractivity contribution in [2.45, 2.75) is 39.9 Å². The molecule has 0 amide bonds. The van der Waals surface area contributed by atoms with E-state index in [1.807, 2.05) is 0 Å². The molecule has 0 bridgehead atoms. The number of benzene rings is 2. The van der Waals surface area contributed by atoms with Gasteiger partial charge in [-0.1, -0.05) is 6.07 Å². The van der Waals surface area contributed by atoms with Gasteiger partial charge in [0.15, 0.2) is 29.1 Å². The summed E-state index contributed by atoms with van der Waals surface area (Å²) in [6.45, 7) is 7.05. The molecule has 9 heteroatoms. The molecular formula is C26H28O9. The second kappa shape index (κ2) is 11.4. The van der Waals surface area contributed by atoms with E-state index in [0.29, 0.717) is 33.6 Å². The number of carbonyl (C=O) groups excluding carboxylic acids is 2. The Bertz CT molecular complexity index is 1260. The summed E-state index contributed by atoms with van der Waals surface area (Å²) in [5.41, 5.74) is 0.838. The molecule has 1 heterocycles. The van der Waals surface area contributed by atoms with E-state index in [0.717, 1.165) is 0 Å². The van der Waals surface area contributed by atoms with Crippen LogP contribution in [0.1, 0.15) is 27.7 Å². The Hall–Kier alpha value is -4.01. The van der Waals surface area contributed by atoms with Crippen LogP contribution >= 0.6 is 0 Å². The van der Waals surface area contributed by atoms with Gasteiger partial charge < -0.3 is 28.1 Å². The molecule has 186 valence electrons. The minimum atomic E-state index is -0.873. The lowest BCUT2D eigenvalue weighted by molar-refractivity contribution is -0.151. The number of fused-ring (bicyclic) bond motifs is 1. The Labute approximate surface area is 202 Å². The summed E-state index contributed by atoms with van der Waals surface area (Å²) in [5.74, 6) is 0.0380. The molecule has 0 N–H and O–H groups in total. The van der Waals surface area contributed by atoms with E-state index in [-0.39, 0.29) is 24.4 Å². The summed E-state index contributed by atoms with van der Waals surface area (Å²) in [4.78, 5) is 37.0. The molecule has 0 aliphatic carbocycles. The van der Waals surface area contributed by atoms with Gasteiger partial charge in [-0.05, 0) is 57.5 Å². The van der Waals surface area contributed by atoms with Gasteiger partial charge in [0.05, 0.1) is 31.3 Å². The molecule has 3 aromatic rings. The van der Waals surface area contributed by atoms with Gasteiger partial charge >= 0.3 is 11.9 Å². The van der Waals surface area contributed by atoms with Crippen molar-refractivity contribution in [3.05, 3.63) is 52.9 Å². The van der Waals surface area contributed by atoms with E-state index in [4.69, 9.17) is 28.1 Å². The molecule has 0 radical (unpaired) electrons. The van der Waals surface area contributed by atoms with Crippen molar-refractivity contribution in [2.24, 2.45) is 0 Å². The van der Waals surface area contributed by atoms with Crippen molar-refractivity contribution in [3.8, 4) is 28.4 Å². The lowest BCUT2D eigenvalue weighted by Crippen LogP contribution is -2.26. The molecule has 35 heavy (non-hydrogen) atoms. The third kappa shape index (κ3) is 5.92. The standard InChI is InChI=1S/C26H28O9/c1-6-31-25(28)15(3)34-18-9-10-19-22(13-18)33-14-20(24(19)27)17-8-11-21(30-5)23(12-17)35-16(4)26(29)32-7-2/h8-16H,6-7H2,1-5H3. The predicted molar refractivity (Wildman–Crippen MR) is 128 cm³/mol. The SMILES string of the molecule is CCOC(=O)C(C)Oc1ccc2c(=O)c(-c3ccc(OC)c(OC(C)C(=O)OCC)c3)coc2c1. The van der Waals surface area contributed by atoms with E-state index in [9.17, 15) is 14.4 Å². The minimum absolute atomic E-state index is 0.232. The molecule has 0 aliphatic heterocycles. The summed E-state index contributed by atoms with van der Waals surface area (Å²) in [7, 11) is 1.48. The van der Waals surface area contributed by atoms with Crippen LogP contribution in [0.2, 0.25) is 0 Å². The molecule has 0 fully saturated rings. The molecule has 0 aliphatic rings. The fourth-order valence-corrected chi connectivity index (χ4v) is 3.33. The monoisotopic (exact) mass is 484 g/mol. The number of esters is 2. The molecule has 0 saturated heterocycles. The van der Waals surface area contributed by atoms with Crippen LogP contribution in [0.3, 0.4) is 0 Å². The molecule has 3 rings (SSSR count). The zero-order chi connectivity index (χ0) is 25.5. The Morgan fingerprint density at radius 2 is 1.54 bits per heavy atom. The highest BCUT2D eigenvalue weighted by atomic mass is 16.6. The van der Waals surface area contributed by atoms with Crippen LogP contribution in [0.25, 0.3) is 22.1 Å². The van der Waals surface area contributed by atoms with Gasteiger partial charge in [-0.15, -0.1) is 0 Å². The fourth-order valence-electron chi connectivity index (χ4n) is 3.33. The number of methoxy groups -OCH3 is 1. The van der Waals surface area contributed by atoms with Crippen molar-refractivity contribution < 1.29 is 37.7 Å². The van der Waals surface area contributed by atoms with E-state index in [2.05, 4.69) is 0 Å². The van der Waals surface area contributed by atoms with Crippen molar-refractivity contribution >= 4 is 22.9 Å². The van der Waals surface area contributed by atoms with Crippen LogP contribution in [-0.4, -0.2) is 44.5 Å². The maximum atomic E-state index is 13.2. The van der Waals surface area contributed by atoms with E-state index in [1.54, 1.807) is 64.1 Å². The predicted octanol–water partition coefficient (Wildman–Crippen LogP) is 4.13. The van der Waals surface area contributed by atoms with Gasteiger partial charge in [0, 0.05) is 6.07 Å². The molecule has 9 nitrogen and oxygen atoms in total. The van der Waals surface area contributed by atoms with Gasteiger partial charge in [-0.2, -0.15) is 0 Å². The van der Waals surface area contributed by atoms with Gasteiger partial charge in [-0.3, -0.25) is 4.79 Å². The van der Waals surface area contributed by atoms with Crippen molar-refractivity contribution in [1.29, 1.82) is 0 Å². The highest BCUT2D eigenvalue weighted by Gasteiger charge is 2.20. The lowest BCUT2D eigenvalue weighted by Gasteiger charge is -2.16. The van der Waals surface area contributed by atoms with Crippen LogP contribution in [0.4, 0.5) is 0 Å². The first-order valence-corrected chi connectivity index (χ1v) is 11.2. The normalized spacial score (nSPS) is 12.5. The first-order valence-electron chi connectivity index (χ1n) is 11.2. The number of carbonyl (C=O) groups is 2. The van der Waals surface area contributed by atoms with Crippen molar-refractivity contribution in [1.82, 2.24) is 0 Å². The van der Waals surface area contributed by atoms with Crippen LogP contribution in [0.15, 0.2) is 51.9 Å². The molecule has 0 saturated carbocycles. The van der Waals surface area contributed by atoms with Gasteiger partial charge in [0.25, 0.3) is 0 Å². The average Bonchev–Trinajstić information content (AvgIpc) is 2.84. The first-order chi connectivity index (χ1) is 16.8. The number of hydrogen-bond donors (Lipinski definition) is 0. The Morgan fingerprint density at radius 1 is 0.886 bits per heavy atom. The van der Waals surface area contributed by atoms with Gasteiger partial charge in [0.1, 0.15) is 17.6 Å². The summed E-state index contributed by atoms with van der Waals surface area (Å²) in [6, 6.07) is 9.63. The second-order valence-electron chi connectivity index (χ2n) is 7.53. The van der Waals surface area contributed by atoms with Crippen LogP contribution < -0.4 is 19.6 Å².